The fourth-order valence-corrected chi connectivity index (χ4v) is 3.54. The van der Waals surface area contributed by atoms with Gasteiger partial charge in [0.25, 0.3) is 0 Å². The molecule has 0 unspecified atom stereocenters. The molecule has 3 heterocycles. The Balaban J connectivity index is 1.34. The van der Waals surface area contributed by atoms with Crippen LogP contribution in [0.5, 0.6) is 0 Å². The van der Waals surface area contributed by atoms with E-state index in [0.717, 1.165) is 24.7 Å². The normalized spacial score (nSPS) is 17.3. The van der Waals surface area contributed by atoms with Crippen LogP contribution in [-0.2, 0) is 0 Å². The van der Waals surface area contributed by atoms with Crippen LogP contribution in [0.4, 0.5) is 26.5 Å². The second-order valence-corrected chi connectivity index (χ2v) is 6.84. The number of benzene rings is 1. The quantitative estimate of drug-likeness (QED) is 0.900. The van der Waals surface area contributed by atoms with Crippen molar-refractivity contribution in [1.82, 2.24) is 14.9 Å². The zero-order valence-electron chi connectivity index (χ0n) is 15.1. The van der Waals surface area contributed by atoms with Crippen LogP contribution in [0.15, 0.2) is 36.7 Å². The number of carbonyl (C=O) groups is 1. The van der Waals surface area contributed by atoms with Gasteiger partial charge in [-0.1, -0.05) is 6.07 Å². The maximum absolute atomic E-state index is 13.3. The van der Waals surface area contributed by atoms with E-state index in [-0.39, 0.29) is 11.8 Å². The van der Waals surface area contributed by atoms with Gasteiger partial charge >= 0.3 is 6.03 Å². The van der Waals surface area contributed by atoms with Gasteiger partial charge in [-0.15, -0.1) is 0 Å². The minimum Gasteiger partial charge on any atom is -0.356 e. The molecule has 4 rings (SSSR count). The smallest absolute Gasteiger partial charge is 0.321 e. The van der Waals surface area contributed by atoms with E-state index in [2.05, 4.69) is 25.1 Å². The minimum absolute atomic E-state index is 0.208. The first-order valence-corrected chi connectivity index (χ1v) is 9.32. The third-order valence-corrected chi connectivity index (χ3v) is 5.04. The summed E-state index contributed by atoms with van der Waals surface area (Å²) in [5.74, 6) is 1.51. The lowest BCUT2D eigenvalue weighted by Gasteiger charge is -2.35. The van der Waals surface area contributed by atoms with Crippen LogP contribution in [0.1, 0.15) is 12.8 Å². The average molecular weight is 370 g/mol. The molecule has 1 N–H and O–H groups in total. The summed E-state index contributed by atoms with van der Waals surface area (Å²) in [6, 6.07) is 7.75. The summed E-state index contributed by atoms with van der Waals surface area (Å²) >= 11 is 0. The molecule has 0 spiro atoms. The Bertz CT molecular complexity index is 802. The van der Waals surface area contributed by atoms with Crippen LogP contribution in [0.3, 0.4) is 0 Å². The fourth-order valence-electron chi connectivity index (χ4n) is 3.54. The molecule has 27 heavy (non-hydrogen) atoms. The number of amides is 2. The lowest BCUT2D eigenvalue weighted by molar-refractivity contribution is 0.208. The van der Waals surface area contributed by atoms with Gasteiger partial charge in [0, 0.05) is 51.0 Å². The number of carbonyl (C=O) groups excluding carboxylic acids is 1. The predicted molar refractivity (Wildman–Crippen MR) is 103 cm³/mol. The highest BCUT2D eigenvalue weighted by molar-refractivity contribution is 5.89. The van der Waals surface area contributed by atoms with Gasteiger partial charge in [-0.05, 0) is 31.0 Å². The zero-order valence-corrected chi connectivity index (χ0v) is 15.1. The molecule has 0 atom stereocenters. The monoisotopic (exact) mass is 370 g/mol. The van der Waals surface area contributed by atoms with Crippen molar-refractivity contribution in [3.8, 4) is 0 Å². The summed E-state index contributed by atoms with van der Waals surface area (Å²) in [4.78, 5) is 27.4. The number of aromatic nitrogens is 2. The third-order valence-electron chi connectivity index (χ3n) is 5.04. The average Bonchev–Trinajstić information content (AvgIpc) is 3.23. The molecule has 2 fully saturated rings. The highest BCUT2D eigenvalue weighted by atomic mass is 19.1. The summed E-state index contributed by atoms with van der Waals surface area (Å²) in [7, 11) is 0. The van der Waals surface area contributed by atoms with E-state index >= 15 is 0 Å². The summed E-state index contributed by atoms with van der Waals surface area (Å²) in [5.41, 5.74) is 0.466. The number of halogens is 1. The Labute approximate surface area is 157 Å². The van der Waals surface area contributed by atoms with Crippen LogP contribution < -0.4 is 15.1 Å². The topological polar surface area (TPSA) is 64.6 Å². The first kappa shape index (κ1) is 17.5. The van der Waals surface area contributed by atoms with Crippen molar-refractivity contribution in [3.05, 3.63) is 42.5 Å². The Hall–Kier alpha value is -2.90. The molecule has 0 saturated carbocycles. The standard InChI is InChI=1S/C19H23FN6O/c20-15-4-3-5-16(12-15)23-19(27)26-10-8-25(9-11-26)18-13-17(21-14-22-18)24-6-1-2-7-24/h3-5,12-14H,1-2,6-11H2,(H,23,27). The van der Waals surface area contributed by atoms with Crippen LogP contribution in [-0.4, -0.2) is 60.2 Å². The SMILES string of the molecule is O=C(Nc1cccc(F)c1)N1CCN(c2cc(N3CCCC3)ncn2)CC1. The van der Waals surface area contributed by atoms with Gasteiger partial charge < -0.3 is 20.0 Å². The molecular weight excluding hydrogens is 347 g/mol. The Morgan fingerprint density at radius 3 is 2.26 bits per heavy atom. The van der Waals surface area contributed by atoms with Gasteiger partial charge in [-0.25, -0.2) is 19.2 Å². The second-order valence-electron chi connectivity index (χ2n) is 6.84. The van der Waals surface area contributed by atoms with Crippen LogP contribution in [0, 0.1) is 5.82 Å². The van der Waals surface area contributed by atoms with Crippen molar-refractivity contribution >= 4 is 23.4 Å². The van der Waals surface area contributed by atoms with Crippen LogP contribution in [0.2, 0.25) is 0 Å². The van der Waals surface area contributed by atoms with Gasteiger partial charge in [0.1, 0.15) is 23.8 Å². The summed E-state index contributed by atoms with van der Waals surface area (Å²) in [5, 5.41) is 2.75. The third kappa shape index (κ3) is 4.10. The molecule has 7 nitrogen and oxygen atoms in total. The number of urea groups is 1. The van der Waals surface area contributed by atoms with Crippen LogP contribution >= 0.6 is 0 Å². The maximum Gasteiger partial charge on any atom is 0.321 e. The number of nitrogens with one attached hydrogen (secondary N) is 1. The lowest BCUT2D eigenvalue weighted by Crippen LogP contribution is -2.50. The van der Waals surface area contributed by atoms with Crippen molar-refractivity contribution in [3.63, 3.8) is 0 Å². The number of nitrogens with zero attached hydrogens (tertiary/aromatic N) is 5. The molecular formula is C19H23FN6O. The maximum atomic E-state index is 13.3. The van der Waals surface area contributed by atoms with Crippen molar-refractivity contribution in [1.29, 1.82) is 0 Å². The van der Waals surface area contributed by atoms with Crippen molar-refractivity contribution < 1.29 is 9.18 Å². The summed E-state index contributed by atoms with van der Waals surface area (Å²) in [6.07, 6.45) is 4.03. The van der Waals surface area contributed by atoms with Gasteiger partial charge in [-0.3, -0.25) is 0 Å². The van der Waals surface area contributed by atoms with Gasteiger partial charge in [-0.2, -0.15) is 0 Å². The molecule has 2 aliphatic heterocycles. The highest BCUT2D eigenvalue weighted by Gasteiger charge is 2.23. The molecule has 0 radical (unpaired) electrons. The van der Waals surface area contributed by atoms with E-state index in [1.54, 1.807) is 23.4 Å². The lowest BCUT2D eigenvalue weighted by atomic mass is 10.3. The van der Waals surface area contributed by atoms with E-state index in [4.69, 9.17) is 0 Å². The zero-order chi connectivity index (χ0) is 18.6. The molecule has 2 aliphatic rings. The van der Waals surface area contributed by atoms with Crippen molar-refractivity contribution in [2.24, 2.45) is 0 Å². The van der Waals surface area contributed by atoms with E-state index < -0.39 is 0 Å². The number of rotatable bonds is 3. The molecule has 0 aliphatic carbocycles. The van der Waals surface area contributed by atoms with Crippen molar-refractivity contribution in [2.75, 3.05) is 54.4 Å². The number of hydrogen-bond donors (Lipinski definition) is 1. The first-order valence-electron chi connectivity index (χ1n) is 9.32. The molecule has 2 amide bonds. The van der Waals surface area contributed by atoms with E-state index in [1.807, 2.05) is 6.07 Å². The van der Waals surface area contributed by atoms with Crippen molar-refractivity contribution in [2.45, 2.75) is 12.8 Å². The summed E-state index contributed by atoms with van der Waals surface area (Å²) in [6.45, 7) is 4.67. The Morgan fingerprint density at radius 2 is 1.59 bits per heavy atom. The molecule has 8 heteroatoms. The molecule has 1 aromatic carbocycles. The van der Waals surface area contributed by atoms with Crippen LogP contribution in [0.25, 0.3) is 0 Å². The fraction of sp³-hybridized carbons (Fsp3) is 0.421. The Kier molecular flexibility index (Phi) is 5.04. The molecule has 2 saturated heterocycles. The molecule has 1 aromatic heterocycles. The second kappa shape index (κ2) is 7.77. The highest BCUT2D eigenvalue weighted by Crippen LogP contribution is 2.22. The number of piperazine rings is 1. The molecule has 2 aromatic rings. The minimum atomic E-state index is -0.366. The predicted octanol–water partition coefficient (Wildman–Crippen LogP) is 2.57. The van der Waals surface area contributed by atoms with Gasteiger partial charge in [0.15, 0.2) is 0 Å². The number of anilines is 3. The van der Waals surface area contributed by atoms with Gasteiger partial charge in [0.2, 0.25) is 0 Å². The van der Waals surface area contributed by atoms with E-state index in [0.29, 0.717) is 31.9 Å². The Morgan fingerprint density at radius 1 is 0.926 bits per heavy atom. The summed E-state index contributed by atoms with van der Waals surface area (Å²) < 4.78 is 13.3. The van der Waals surface area contributed by atoms with Gasteiger partial charge in [0.05, 0.1) is 0 Å². The van der Waals surface area contributed by atoms with E-state index in [1.165, 1.54) is 25.0 Å². The molecule has 0 bridgehead atoms. The molecule has 142 valence electrons. The first-order chi connectivity index (χ1) is 13.2. The largest absolute Gasteiger partial charge is 0.356 e. The van der Waals surface area contributed by atoms with E-state index in [9.17, 15) is 9.18 Å². The number of hydrogen-bond acceptors (Lipinski definition) is 5.